The Bertz CT molecular complexity index is 406. The minimum absolute atomic E-state index is 0.176. The van der Waals surface area contributed by atoms with E-state index < -0.39 is 11.9 Å². The number of carboxylic acid groups (broad SMARTS) is 1. The molecular formula is C10H9NO3. The molecule has 1 aromatic rings. The first-order chi connectivity index (χ1) is 6.57. The molecule has 0 fully saturated rings. The molecule has 0 aliphatic heterocycles. The van der Waals surface area contributed by atoms with E-state index in [1.807, 2.05) is 6.07 Å². The molecule has 4 nitrogen and oxygen atoms in total. The van der Waals surface area contributed by atoms with E-state index in [0.717, 1.165) is 0 Å². The number of aromatic carboxylic acids is 1. The van der Waals surface area contributed by atoms with E-state index >= 15 is 0 Å². The van der Waals surface area contributed by atoms with Gasteiger partial charge in [0.05, 0.1) is 12.0 Å². The van der Waals surface area contributed by atoms with Crippen molar-refractivity contribution in [1.82, 2.24) is 0 Å². The maximum Gasteiger partial charge on any atom is 0.339 e. The van der Waals surface area contributed by atoms with Crippen LogP contribution in [-0.4, -0.2) is 16.2 Å². The number of carboxylic acids is 1. The molecule has 72 valence electrons. The Labute approximate surface area is 81.0 Å². The van der Waals surface area contributed by atoms with Crippen molar-refractivity contribution in [3.05, 3.63) is 29.3 Å². The summed E-state index contributed by atoms with van der Waals surface area (Å²) in [7, 11) is 0. The van der Waals surface area contributed by atoms with Gasteiger partial charge in [-0.05, 0) is 13.0 Å². The summed E-state index contributed by atoms with van der Waals surface area (Å²) in [5.74, 6) is -2.04. The highest BCUT2D eigenvalue weighted by molar-refractivity contribution is 5.91. The number of hydrogen-bond acceptors (Lipinski definition) is 3. The second-order valence-electron chi connectivity index (χ2n) is 2.90. The lowest BCUT2D eigenvalue weighted by atomic mass is 9.99. The van der Waals surface area contributed by atoms with Crippen molar-refractivity contribution in [2.75, 3.05) is 0 Å². The normalized spacial score (nSPS) is 11.7. The number of carbonyl (C=O) groups is 1. The van der Waals surface area contributed by atoms with Crippen LogP contribution in [0.3, 0.4) is 0 Å². The minimum Gasteiger partial charge on any atom is -0.507 e. The van der Waals surface area contributed by atoms with Crippen LogP contribution < -0.4 is 0 Å². The average Bonchev–Trinajstić information content (AvgIpc) is 2.16. The molecule has 0 bridgehead atoms. The van der Waals surface area contributed by atoms with Crippen LogP contribution in [0.25, 0.3) is 0 Å². The van der Waals surface area contributed by atoms with Gasteiger partial charge in [0.1, 0.15) is 11.3 Å². The lowest BCUT2D eigenvalue weighted by molar-refractivity contribution is 0.0693. The predicted octanol–water partition coefficient (Wildman–Crippen LogP) is 1.72. The van der Waals surface area contributed by atoms with Gasteiger partial charge < -0.3 is 10.2 Å². The van der Waals surface area contributed by atoms with Crippen LogP contribution in [0, 0.1) is 11.3 Å². The molecule has 0 heterocycles. The fourth-order valence-electron chi connectivity index (χ4n) is 1.15. The number of nitriles is 1. The van der Waals surface area contributed by atoms with Gasteiger partial charge in [0.25, 0.3) is 0 Å². The summed E-state index contributed by atoms with van der Waals surface area (Å²) in [4.78, 5) is 10.6. The second kappa shape index (κ2) is 3.79. The van der Waals surface area contributed by atoms with Gasteiger partial charge in [0, 0.05) is 5.56 Å². The Morgan fingerprint density at radius 1 is 1.57 bits per heavy atom. The van der Waals surface area contributed by atoms with Crippen LogP contribution in [0.1, 0.15) is 28.8 Å². The molecule has 1 atom stereocenters. The molecule has 2 N–H and O–H groups in total. The van der Waals surface area contributed by atoms with Crippen molar-refractivity contribution in [1.29, 1.82) is 5.26 Å². The van der Waals surface area contributed by atoms with Crippen molar-refractivity contribution in [3.8, 4) is 11.8 Å². The van der Waals surface area contributed by atoms with Crippen LogP contribution in [0.2, 0.25) is 0 Å². The molecule has 0 saturated heterocycles. The third kappa shape index (κ3) is 1.67. The summed E-state index contributed by atoms with van der Waals surface area (Å²) in [6.45, 7) is 1.60. The van der Waals surface area contributed by atoms with E-state index in [1.54, 1.807) is 6.92 Å². The van der Waals surface area contributed by atoms with E-state index in [1.165, 1.54) is 18.2 Å². The molecule has 0 amide bonds. The summed E-state index contributed by atoms with van der Waals surface area (Å²) >= 11 is 0. The number of nitrogens with zero attached hydrogens (tertiary/aromatic N) is 1. The minimum atomic E-state index is -1.20. The number of para-hydroxylation sites is 1. The Kier molecular flexibility index (Phi) is 2.73. The van der Waals surface area contributed by atoms with Gasteiger partial charge >= 0.3 is 5.97 Å². The predicted molar refractivity (Wildman–Crippen MR) is 49.1 cm³/mol. The van der Waals surface area contributed by atoms with Gasteiger partial charge in [-0.2, -0.15) is 5.26 Å². The van der Waals surface area contributed by atoms with Crippen LogP contribution in [-0.2, 0) is 0 Å². The molecule has 1 rings (SSSR count). The van der Waals surface area contributed by atoms with Gasteiger partial charge in [-0.25, -0.2) is 4.79 Å². The van der Waals surface area contributed by atoms with Gasteiger partial charge in [-0.1, -0.05) is 12.1 Å². The number of benzene rings is 1. The van der Waals surface area contributed by atoms with Crippen LogP contribution in [0.4, 0.5) is 0 Å². The first-order valence-corrected chi connectivity index (χ1v) is 4.02. The van der Waals surface area contributed by atoms with Crippen LogP contribution in [0.5, 0.6) is 5.75 Å². The van der Waals surface area contributed by atoms with Gasteiger partial charge in [0.15, 0.2) is 0 Å². The Hall–Kier alpha value is -2.02. The third-order valence-electron chi connectivity index (χ3n) is 1.96. The number of aromatic hydroxyl groups is 1. The highest BCUT2D eigenvalue weighted by Gasteiger charge is 2.16. The van der Waals surface area contributed by atoms with Crippen LogP contribution in [0.15, 0.2) is 18.2 Å². The quantitative estimate of drug-likeness (QED) is 0.745. The highest BCUT2D eigenvalue weighted by atomic mass is 16.4. The summed E-state index contributed by atoms with van der Waals surface area (Å²) in [5.41, 5.74) is 0.164. The van der Waals surface area contributed by atoms with Crippen molar-refractivity contribution in [3.63, 3.8) is 0 Å². The Morgan fingerprint density at radius 3 is 2.71 bits per heavy atom. The van der Waals surface area contributed by atoms with Gasteiger partial charge in [0.2, 0.25) is 0 Å². The average molecular weight is 191 g/mol. The zero-order valence-corrected chi connectivity index (χ0v) is 7.56. The summed E-state index contributed by atoms with van der Waals surface area (Å²) in [5, 5.41) is 26.9. The van der Waals surface area contributed by atoms with Gasteiger partial charge in [-0.15, -0.1) is 0 Å². The zero-order valence-electron chi connectivity index (χ0n) is 7.56. The first-order valence-electron chi connectivity index (χ1n) is 4.02. The van der Waals surface area contributed by atoms with E-state index in [-0.39, 0.29) is 11.3 Å². The van der Waals surface area contributed by atoms with Crippen molar-refractivity contribution in [2.45, 2.75) is 12.8 Å². The molecule has 1 unspecified atom stereocenters. The lowest BCUT2D eigenvalue weighted by Gasteiger charge is -2.07. The molecule has 0 spiro atoms. The Morgan fingerprint density at radius 2 is 2.21 bits per heavy atom. The molecule has 0 aliphatic carbocycles. The van der Waals surface area contributed by atoms with Crippen molar-refractivity contribution < 1.29 is 15.0 Å². The molecule has 1 aromatic carbocycles. The summed E-state index contributed by atoms with van der Waals surface area (Å²) in [6.07, 6.45) is 0. The fraction of sp³-hybridized carbons (Fsp3) is 0.200. The summed E-state index contributed by atoms with van der Waals surface area (Å²) in [6, 6.07) is 6.28. The molecule has 0 aliphatic rings. The highest BCUT2D eigenvalue weighted by Crippen LogP contribution is 2.28. The largest absolute Gasteiger partial charge is 0.507 e. The topological polar surface area (TPSA) is 81.3 Å². The molecule has 0 saturated carbocycles. The third-order valence-corrected chi connectivity index (χ3v) is 1.96. The number of rotatable bonds is 2. The monoisotopic (exact) mass is 191 g/mol. The Balaban J connectivity index is 3.29. The van der Waals surface area contributed by atoms with E-state index in [2.05, 4.69) is 0 Å². The maximum atomic E-state index is 10.6. The molecule has 0 aromatic heterocycles. The fourth-order valence-corrected chi connectivity index (χ4v) is 1.15. The molecule has 14 heavy (non-hydrogen) atoms. The smallest absolute Gasteiger partial charge is 0.339 e. The standard InChI is InChI=1S/C10H9NO3/c1-6(5-11)7-3-2-4-8(9(7)12)10(13)14/h2-4,6,12H,1H3,(H,13,14). The van der Waals surface area contributed by atoms with E-state index in [9.17, 15) is 9.90 Å². The number of phenols is 1. The van der Waals surface area contributed by atoms with Crippen molar-refractivity contribution in [2.24, 2.45) is 0 Å². The van der Waals surface area contributed by atoms with E-state index in [0.29, 0.717) is 5.56 Å². The first kappa shape index (κ1) is 10.1. The van der Waals surface area contributed by atoms with Gasteiger partial charge in [-0.3, -0.25) is 0 Å². The summed E-state index contributed by atoms with van der Waals surface area (Å²) < 4.78 is 0. The molecule has 0 radical (unpaired) electrons. The second-order valence-corrected chi connectivity index (χ2v) is 2.90. The molecule has 4 heteroatoms. The SMILES string of the molecule is CC(C#N)c1cccc(C(=O)O)c1O. The lowest BCUT2D eigenvalue weighted by Crippen LogP contribution is -2.00. The maximum absolute atomic E-state index is 10.6. The zero-order chi connectivity index (χ0) is 10.7. The molecular weight excluding hydrogens is 182 g/mol. The number of hydrogen-bond donors (Lipinski definition) is 2. The van der Waals surface area contributed by atoms with E-state index in [4.69, 9.17) is 10.4 Å². The van der Waals surface area contributed by atoms with Crippen LogP contribution >= 0.6 is 0 Å². The van der Waals surface area contributed by atoms with Crippen molar-refractivity contribution >= 4 is 5.97 Å².